The van der Waals surface area contributed by atoms with Gasteiger partial charge in [0.05, 0.1) is 0 Å². The van der Waals surface area contributed by atoms with Gasteiger partial charge in [0.2, 0.25) is 0 Å². The monoisotopic (exact) mass is 247 g/mol. The second-order valence-corrected chi connectivity index (χ2v) is 5.12. The molecule has 0 atom stereocenters. The Balaban J connectivity index is 1.82. The molecule has 4 heteroatoms. The van der Waals surface area contributed by atoms with Gasteiger partial charge < -0.3 is 9.73 Å². The number of hydrogen-bond donors (Lipinski definition) is 1. The van der Waals surface area contributed by atoms with Gasteiger partial charge in [0.1, 0.15) is 5.76 Å². The third-order valence-electron chi connectivity index (χ3n) is 2.86. The molecule has 0 radical (unpaired) electrons. The number of carbonyl (C=O) groups is 1. The zero-order valence-electron chi connectivity index (χ0n) is 9.53. The Morgan fingerprint density at radius 2 is 2.24 bits per heavy atom. The minimum absolute atomic E-state index is 0.105. The topological polar surface area (TPSA) is 42.2 Å². The molecule has 0 saturated heterocycles. The number of carbonyl (C=O) groups excluding carboxylic acids is 1. The molecule has 2 heterocycles. The number of thiophene rings is 1. The van der Waals surface area contributed by atoms with Gasteiger partial charge in [0.25, 0.3) is 5.91 Å². The Hall–Kier alpha value is -1.55. The van der Waals surface area contributed by atoms with E-state index in [9.17, 15) is 4.79 Å². The molecule has 17 heavy (non-hydrogen) atoms. The van der Waals surface area contributed by atoms with Crippen molar-refractivity contribution in [1.82, 2.24) is 5.32 Å². The first-order valence-corrected chi connectivity index (χ1v) is 6.62. The van der Waals surface area contributed by atoms with Crippen LogP contribution in [0, 0.1) is 6.92 Å². The van der Waals surface area contributed by atoms with Crippen molar-refractivity contribution < 1.29 is 9.21 Å². The lowest BCUT2D eigenvalue weighted by Gasteiger charge is -1.99. The summed E-state index contributed by atoms with van der Waals surface area (Å²) in [5.74, 6) is 1.06. The van der Waals surface area contributed by atoms with E-state index in [0.717, 1.165) is 24.2 Å². The van der Waals surface area contributed by atoms with E-state index in [1.165, 1.54) is 5.56 Å². The largest absolute Gasteiger partial charge is 0.451 e. The average Bonchev–Trinajstić information content (AvgIpc) is 2.82. The summed E-state index contributed by atoms with van der Waals surface area (Å²) in [6.45, 7) is 2.04. The fourth-order valence-corrected chi connectivity index (χ4v) is 2.54. The molecule has 0 unspecified atom stereocenters. The first kappa shape index (κ1) is 10.6. The molecule has 0 spiro atoms. The van der Waals surface area contributed by atoms with Crippen molar-refractivity contribution in [3.05, 3.63) is 34.2 Å². The molecule has 0 aliphatic heterocycles. The Labute approximate surface area is 103 Å². The summed E-state index contributed by atoms with van der Waals surface area (Å²) in [5, 5.41) is 7.02. The van der Waals surface area contributed by atoms with Crippen molar-refractivity contribution in [1.29, 1.82) is 0 Å². The van der Waals surface area contributed by atoms with E-state index in [0.29, 0.717) is 11.8 Å². The van der Waals surface area contributed by atoms with E-state index < -0.39 is 0 Å². The maximum absolute atomic E-state index is 11.8. The molecule has 3 rings (SSSR count). The number of hydrogen-bond acceptors (Lipinski definition) is 3. The Morgan fingerprint density at radius 3 is 2.88 bits per heavy atom. The van der Waals surface area contributed by atoms with Crippen LogP contribution >= 0.6 is 11.3 Å². The summed E-state index contributed by atoms with van der Waals surface area (Å²) < 4.78 is 5.59. The van der Waals surface area contributed by atoms with E-state index in [1.54, 1.807) is 17.4 Å². The summed E-state index contributed by atoms with van der Waals surface area (Å²) in [5.41, 5.74) is 2.25. The maximum Gasteiger partial charge on any atom is 0.287 e. The molecule has 0 bridgehead atoms. The molecule has 1 aliphatic carbocycles. The van der Waals surface area contributed by atoms with Crippen molar-refractivity contribution in [3.63, 3.8) is 0 Å². The quantitative estimate of drug-likeness (QED) is 0.905. The van der Waals surface area contributed by atoms with Crippen molar-refractivity contribution in [2.24, 2.45) is 0 Å². The van der Waals surface area contributed by atoms with Crippen molar-refractivity contribution >= 4 is 17.2 Å². The van der Waals surface area contributed by atoms with Crippen molar-refractivity contribution in [2.75, 3.05) is 0 Å². The molecule has 3 nitrogen and oxygen atoms in total. The standard InChI is InChI=1S/C13H13NO2S/c1-8-6-17-7-10(8)11-4-5-12(16-11)13(15)14-9-2-3-9/h4-7,9H,2-3H2,1H3,(H,14,15). The average molecular weight is 247 g/mol. The summed E-state index contributed by atoms with van der Waals surface area (Å²) in [6.07, 6.45) is 2.17. The Bertz CT molecular complexity index is 551. The second kappa shape index (κ2) is 4.04. The molecular formula is C13H13NO2S. The fraction of sp³-hybridized carbons (Fsp3) is 0.308. The van der Waals surface area contributed by atoms with Gasteiger partial charge in [-0.15, -0.1) is 0 Å². The first-order chi connectivity index (χ1) is 8.24. The number of furan rings is 1. The van der Waals surface area contributed by atoms with Crippen LogP contribution in [0.2, 0.25) is 0 Å². The van der Waals surface area contributed by atoms with Gasteiger partial charge in [-0.1, -0.05) is 0 Å². The molecule has 2 aromatic heterocycles. The molecule has 1 saturated carbocycles. The molecule has 88 valence electrons. The predicted octanol–water partition coefficient (Wildman–Crippen LogP) is 3.21. The van der Waals surface area contributed by atoms with Crippen LogP contribution in [0.25, 0.3) is 11.3 Å². The summed E-state index contributed by atoms with van der Waals surface area (Å²) in [6, 6.07) is 3.96. The summed E-state index contributed by atoms with van der Waals surface area (Å²) in [7, 11) is 0. The van der Waals surface area contributed by atoms with Crippen LogP contribution in [0.1, 0.15) is 29.0 Å². The first-order valence-electron chi connectivity index (χ1n) is 5.68. The maximum atomic E-state index is 11.8. The van der Waals surface area contributed by atoms with E-state index in [4.69, 9.17) is 4.42 Å². The number of nitrogens with one attached hydrogen (secondary N) is 1. The highest BCUT2D eigenvalue weighted by molar-refractivity contribution is 7.08. The lowest BCUT2D eigenvalue weighted by molar-refractivity contribution is 0.0924. The minimum atomic E-state index is -0.105. The fourth-order valence-electron chi connectivity index (χ4n) is 1.70. The molecular weight excluding hydrogens is 234 g/mol. The normalized spacial score (nSPS) is 14.9. The van der Waals surface area contributed by atoms with Crippen molar-refractivity contribution in [3.8, 4) is 11.3 Å². The molecule has 0 aromatic carbocycles. The predicted molar refractivity (Wildman–Crippen MR) is 67.2 cm³/mol. The van der Waals surface area contributed by atoms with Gasteiger partial charge >= 0.3 is 0 Å². The van der Waals surface area contributed by atoms with Crippen LogP contribution in [0.4, 0.5) is 0 Å². The van der Waals surface area contributed by atoms with Gasteiger partial charge in [-0.2, -0.15) is 11.3 Å². The number of aryl methyl sites for hydroxylation is 1. The third-order valence-corrected chi connectivity index (χ3v) is 3.72. The minimum Gasteiger partial charge on any atom is -0.451 e. The lowest BCUT2D eigenvalue weighted by Crippen LogP contribution is -2.24. The van der Waals surface area contributed by atoms with Crippen LogP contribution in [0.15, 0.2) is 27.3 Å². The van der Waals surface area contributed by atoms with Crippen molar-refractivity contribution in [2.45, 2.75) is 25.8 Å². The molecule has 1 N–H and O–H groups in total. The van der Waals surface area contributed by atoms with Gasteiger partial charge in [0.15, 0.2) is 5.76 Å². The zero-order valence-corrected chi connectivity index (χ0v) is 10.3. The van der Waals surface area contributed by atoms with E-state index in [2.05, 4.69) is 10.7 Å². The van der Waals surface area contributed by atoms with E-state index in [1.807, 2.05) is 18.4 Å². The highest BCUT2D eigenvalue weighted by atomic mass is 32.1. The number of rotatable bonds is 3. The van der Waals surface area contributed by atoms with Crippen LogP contribution in [0.5, 0.6) is 0 Å². The molecule has 1 fully saturated rings. The highest BCUT2D eigenvalue weighted by Gasteiger charge is 2.25. The third kappa shape index (κ3) is 2.13. The van der Waals surface area contributed by atoms with Gasteiger partial charge in [0, 0.05) is 17.0 Å². The van der Waals surface area contributed by atoms with Crippen LogP contribution in [-0.2, 0) is 0 Å². The van der Waals surface area contributed by atoms with Crippen LogP contribution < -0.4 is 5.32 Å². The summed E-state index contributed by atoms with van der Waals surface area (Å²) >= 11 is 1.64. The molecule has 2 aromatic rings. The SMILES string of the molecule is Cc1cscc1-c1ccc(C(=O)NC2CC2)o1. The Kier molecular flexibility index (Phi) is 2.52. The van der Waals surface area contributed by atoms with Crippen LogP contribution in [-0.4, -0.2) is 11.9 Å². The van der Waals surface area contributed by atoms with E-state index in [-0.39, 0.29) is 5.91 Å². The second-order valence-electron chi connectivity index (χ2n) is 4.38. The van der Waals surface area contributed by atoms with E-state index >= 15 is 0 Å². The molecule has 1 aliphatic rings. The molecule has 1 amide bonds. The van der Waals surface area contributed by atoms with Gasteiger partial charge in [-0.25, -0.2) is 0 Å². The Morgan fingerprint density at radius 1 is 1.41 bits per heavy atom. The van der Waals surface area contributed by atoms with Crippen LogP contribution in [0.3, 0.4) is 0 Å². The highest BCUT2D eigenvalue weighted by Crippen LogP contribution is 2.28. The zero-order chi connectivity index (χ0) is 11.8. The lowest BCUT2D eigenvalue weighted by atomic mass is 10.2. The van der Waals surface area contributed by atoms with Gasteiger partial charge in [-0.05, 0) is 42.8 Å². The smallest absolute Gasteiger partial charge is 0.287 e. The van der Waals surface area contributed by atoms with Gasteiger partial charge in [-0.3, -0.25) is 4.79 Å². The number of amides is 1. The summed E-state index contributed by atoms with van der Waals surface area (Å²) in [4.78, 5) is 11.8.